The summed E-state index contributed by atoms with van der Waals surface area (Å²) in [5.74, 6) is -1.98. The fraction of sp³-hybridized carbons (Fsp3) is 0.0625. The molecule has 1 amide bonds. The number of hydrogen-bond donors (Lipinski definition) is 2. The molecule has 0 saturated carbocycles. The Labute approximate surface area is 252 Å². The number of nitrogens with zero attached hydrogens (tertiary/aromatic N) is 1. The Hall–Kier alpha value is 1.07. The largest absolute Gasteiger partial charge is 1.00 e. The molecule has 3 rings (SSSR count). The van der Waals surface area contributed by atoms with Crippen molar-refractivity contribution in [1.29, 1.82) is 0 Å². The number of aliphatic imine (C=N–C) groups is 1. The van der Waals surface area contributed by atoms with E-state index in [1.54, 1.807) is 30.3 Å². The van der Waals surface area contributed by atoms with Crippen molar-refractivity contribution in [3.05, 3.63) is 64.7 Å². The second-order valence-corrected chi connectivity index (χ2v) is 5.20. The number of anilines is 1. The van der Waals surface area contributed by atoms with E-state index in [4.69, 9.17) is 11.6 Å². The first kappa shape index (κ1) is 29.3. The monoisotopic (exact) mass is 468 g/mol. The number of nitrogens with one attached hydrogen (secondary N) is 1. The SMILES string of the molecule is O=C(O)C1N=C(c2ccccc2)c2cc(Cl)ccc2NC1=O.[H-].[K+].[K+].[Ni].[OH-]. The van der Waals surface area contributed by atoms with Crippen molar-refractivity contribution in [3.63, 3.8) is 0 Å². The zero-order valence-electron chi connectivity index (χ0n) is 15.0. The molecule has 1 aliphatic heterocycles. The molecular formula is C16H13ClK2N2NiO4. The quantitative estimate of drug-likeness (QED) is 0.352. The molecule has 2 aromatic rings. The third-order valence-electron chi connectivity index (χ3n) is 3.28. The van der Waals surface area contributed by atoms with Crippen LogP contribution in [-0.4, -0.2) is 34.2 Å². The van der Waals surface area contributed by atoms with Gasteiger partial charge < -0.3 is 17.3 Å². The Balaban J connectivity index is -0.00000115. The van der Waals surface area contributed by atoms with Gasteiger partial charge in [0.2, 0.25) is 6.04 Å². The molecular weight excluding hydrogens is 457 g/mol. The van der Waals surface area contributed by atoms with Gasteiger partial charge in [0.25, 0.3) is 5.91 Å². The van der Waals surface area contributed by atoms with Gasteiger partial charge in [0.15, 0.2) is 0 Å². The molecule has 2 aromatic carbocycles. The Kier molecular flexibility index (Phi) is 15.0. The third-order valence-corrected chi connectivity index (χ3v) is 3.52. The Morgan fingerprint density at radius 1 is 1.15 bits per heavy atom. The van der Waals surface area contributed by atoms with Crippen molar-refractivity contribution < 1.29 is 141 Å². The molecule has 1 atom stereocenters. The number of carboxylic acid groups (broad SMARTS) is 1. The Morgan fingerprint density at radius 3 is 2.35 bits per heavy atom. The van der Waals surface area contributed by atoms with Crippen LogP contribution in [0.2, 0.25) is 5.02 Å². The normalized spacial score (nSPS) is 14.4. The van der Waals surface area contributed by atoms with Crippen molar-refractivity contribution in [3.8, 4) is 0 Å². The van der Waals surface area contributed by atoms with Crippen LogP contribution in [-0.2, 0) is 26.1 Å². The van der Waals surface area contributed by atoms with Crippen LogP contribution < -0.4 is 108 Å². The smallest absolute Gasteiger partial charge is 1.00 e. The van der Waals surface area contributed by atoms with E-state index < -0.39 is 17.9 Å². The number of hydrogen-bond acceptors (Lipinski definition) is 4. The van der Waals surface area contributed by atoms with Crippen LogP contribution in [0.5, 0.6) is 0 Å². The summed E-state index contributed by atoms with van der Waals surface area (Å²) in [4.78, 5) is 27.5. The zero-order valence-corrected chi connectivity index (χ0v) is 22.0. The van der Waals surface area contributed by atoms with Gasteiger partial charge in [-0.25, -0.2) is 4.79 Å². The molecule has 0 aliphatic carbocycles. The second kappa shape index (κ2) is 13.3. The minimum Gasteiger partial charge on any atom is -1.00 e. The number of carbonyl (C=O) groups is 2. The van der Waals surface area contributed by atoms with Gasteiger partial charge in [-0.3, -0.25) is 9.79 Å². The maximum absolute atomic E-state index is 12.0. The summed E-state index contributed by atoms with van der Waals surface area (Å²) in [5.41, 5.74) is 2.22. The Morgan fingerprint density at radius 2 is 1.77 bits per heavy atom. The second-order valence-electron chi connectivity index (χ2n) is 4.76. The van der Waals surface area contributed by atoms with Gasteiger partial charge in [-0.2, -0.15) is 0 Å². The van der Waals surface area contributed by atoms with Crippen LogP contribution in [0.25, 0.3) is 0 Å². The van der Waals surface area contributed by atoms with Crippen LogP contribution in [0.1, 0.15) is 12.6 Å². The first-order chi connectivity index (χ1) is 10.6. The molecule has 26 heavy (non-hydrogen) atoms. The van der Waals surface area contributed by atoms with Crippen LogP contribution >= 0.6 is 11.6 Å². The Bertz CT molecular complexity index is 812. The first-order valence-electron chi connectivity index (χ1n) is 6.53. The van der Waals surface area contributed by atoms with E-state index in [9.17, 15) is 14.7 Å². The fourth-order valence-electron chi connectivity index (χ4n) is 2.27. The molecule has 10 heteroatoms. The van der Waals surface area contributed by atoms with E-state index >= 15 is 0 Å². The van der Waals surface area contributed by atoms with Gasteiger partial charge in [0.05, 0.1) is 11.4 Å². The van der Waals surface area contributed by atoms with E-state index in [1.807, 2.05) is 18.2 Å². The molecule has 130 valence electrons. The number of aliphatic carboxylic acids is 1. The fourth-order valence-corrected chi connectivity index (χ4v) is 2.45. The van der Waals surface area contributed by atoms with Gasteiger partial charge in [-0.15, -0.1) is 0 Å². The number of benzodiazepines with no additional fused rings is 1. The average molecular weight is 470 g/mol. The van der Waals surface area contributed by atoms with Gasteiger partial charge in [-0.05, 0) is 18.2 Å². The summed E-state index contributed by atoms with van der Waals surface area (Å²) in [6.07, 6.45) is 0. The first-order valence-corrected chi connectivity index (χ1v) is 6.91. The molecule has 1 unspecified atom stereocenters. The van der Waals surface area contributed by atoms with Crippen LogP contribution in [0.3, 0.4) is 0 Å². The minimum atomic E-state index is -1.50. The van der Waals surface area contributed by atoms with Crippen molar-refractivity contribution in [2.75, 3.05) is 5.32 Å². The molecule has 6 nitrogen and oxygen atoms in total. The number of rotatable bonds is 2. The van der Waals surface area contributed by atoms with E-state index in [0.29, 0.717) is 27.5 Å². The van der Waals surface area contributed by atoms with Crippen molar-refractivity contribution in [2.24, 2.45) is 4.99 Å². The topological polar surface area (TPSA) is 109 Å². The summed E-state index contributed by atoms with van der Waals surface area (Å²) in [6, 6.07) is 12.5. The maximum atomic E-state index is 12.0. The molecule has 3 N–H and O–H groups in total. The minimum absolute atomic E-state index is 0. The third kappa shape index (κ3) is 6.84. The van der Waals surface area contributed by atoms with Gasteiger partial charge in [0.1, 0.15) is 0 Å². The summed E-state index contributed by atoms with van der Waals surface area (Å²) < 4.78 is 0. The summed E-state index contributed by atoms with van der Waals surface area (Å²) in [6.45, 7) is 0. The molecule has 0 radical (unpaired) electrons. The number of benzene rings is 2. The summed E-state index contributed by atoms with van der Waals surface area (Å²) in [5, 5.41) is 12.3. The number of halogens is 1. The number of amides is 1. The van der Waals surface area contributed by atoms with Gasteiger partial charge in [-0.1, -0.05) is 41.9 Å². The van der Waals surface area contributed by atoms with Gasteiger partial charge in [0, 0.05) is 32.6 Å². The van der Waals surface area contributed by atoms with Crippen LogP contribution in [0, 0.1) is 0 Å². The van der Waals surface area contributed by atoms with E-state index in [1.165, 1.54) is 0 Å². The zero-order chi connectivity index (χ0) is 15.7. The molecule has 0 saturated heterocycles. The van der Waals surface area contributed by atoms with E-state index in [0.717, 1.165) is 0 Å². The molecule has 1 heterocycles. The van der Waals surface area contributed by atoms with Crippen LogP contribution in [0.15, 0.2) is 53.5 Å². The summed E-state index contributed by atoms with van der Waals surface area (Å²) in [7, 11) is 0. The molecule has 1 aliphatic rings. The van der Waals surface area contributed by atoms with Crippen molar-refractivity contribution in [2.45, 2.75) is 6.04 Å². The number of carbonyl (C=O) groups excluding carboxylic acids is 1. The van der Waals surface area contributed by atoms with E-state index in [-0.39, 0.29) is 126 Å². The van der Waals surface area contributed by atoms with Crippen LogP contribution in [0.4, 0.5) is 5.69 Å². The van der Waals surface area contributed by atoms with E-state index in [2.05, 4.69) is 10.3 Å². The molecule has 0 aromatic heterocycles. The molecule has 0 bridgehead atoms. The predicted molar refractivity (Wildman–Crippen MR) is 86.6 cm³/mol. The number of carboxylic acids is 1. The maximum Gasteiger partial charge on any atom is 1.00 e. The van der Waals surface area contributed by atoms with Crippen molar-refractivity contribution in [1.82, 2.24) is 0 Å². The molecule has 0 fully saturated rings. The standard InChI is InChI=1S/C16H11ClN2O3.2K.Ni.H2O.H/c17-10-6-7-12-11(8-10)13(9-4-2-1-3-5-9)19-14(16(21)22)15(20)18-12;;;;;/h1-8,14H,(H,18,20)(H,21,22);;;;1H2;/q;2*+1;;;-1/p-1. The predicted octanol–water partition coefficient (Wildman–Crippen LogP) is -3.48. The van der Waals surface area contributed by atoms with Gasteiger partial charge >= 0.3 is 109 Å². The van der Waals surface area contributed by atoms with Crippen molar-refractivity contribution >= 4 is 34.9 Å². The summed E-state index contributed by atoms with van der Waals surface area (Å²) >= 11 is 6.03. The average Bonchev–Trinajstić information content (AvgIpc) is 2.64. The number of fused-ring (bicyclic) bond motifs is 1. The molecule has 0 spiro atoms.